The Kier molecular flexibility index (Phi) is 7.70. The molecule has 0 radical (unpaired) electrons. The van der Waals surface area contributed by atoms with E-state index in [0.717, 1.165) is 28.4 Å². The molecule has 8 heteroatoms. The van der Waals surface area contributed by atoms with Gasteiger partial charge < -0.3 is 20.6 Å². The molecule has 1 aliphatic carbocycles. The number of amides is 1. The molecule has 0 bridgehead atoms. The molecule has 184 valence electrons. The van der Waals surface area contributed by atoms with Crippen molar-refractivity contribution in [3.63, 3.8) is 0 Å². The van der Waals surface area contributed by atoms with E-state index < -0.39 is 0 Å². The van der Waals surface area contributed by atoms with Crippen molar-refractivity contribution in [2.45, 2.75) is 44.9 Å². The van der Waals surface area contributed by atoms with Crippen LogP contribution in [-0.4, -0.2) is 40.4 Å². The van der Waals surface area contributed by atoms with Gasteiger partial charge in [0.25, 0.3) is 0 Å². The van der Waals surface area contributed by atoms with Crippen molar-refractivity contribution in [2.75, 3.05) is 14.1 Å². The Bertz CT molecular complexity index is 1330. The van der Waals surface area contributed by atoms with Crippen molar-refractivity contribution in [3.05, 3.63) is 53.3 Å². The van der Waals surface area contributed by atoms with Crippen LogP contribution in [0, 0.1) is 0 Å². The Morgan fingerprint density at radius 3 is 2.60 bits per heavy atom. The molecule has 3 aromatic heterocycles. The van der Waals surface area contributed by atoms with Crippen molar-refractivity contribution in [2.24, 2.45) is 17.8 Å². The molecule has 0 atom stereocenters. The number of nitrogens with zero attached hydrogens (tertiary/aromatic N) is 3. The maximum Gasteiger partial charge on any atom is 0.216 e. The molecule has 1 fully saturated rings. The summed E-state index contributed by atoms with van der Waals surface area (Å²) in [6, 6.07) is 12.9. The summed E-state index contributed by atoms with van der Waals surface area (Å²) >= 11 is 1.75. The number of rotatable bonds is 4. The molecule has 1 aromatic carbocycles. The number of aromatic nitrogens is 3. The smallest absolute Gasteiger partial charge is 0.216 e. The van der Waals surface area contributed by atoms with E-state index in [0.29, 0.717) is 11.8 Å². The molecule has 1 saturated carbocycles. The van der Waals surface area contributed by atoms with Crippen molar-refractivity contribution in [1.82, 2.24) is 19.9 Å². The van der Waals surface area contributed by atoms with Gasteiger partial charge in [-0.05, 0) is 30.4 Å². The van der Waals surface area contributed by atoms with Gasteiger partial charge in [0.15, 0.2) is 0 Å². The van der Waals surface area contributed by atoms with Gasteiger partial charge >= 0.3 is 0 Å². The van der Waals surface area contributed by atoms with Gasteiger partial charge in [0, 0.05) is 49.8 Å². The van der Waals surface area contributed by atoms with E-state index in [-0.39, 0.29) is 5.91 Å². The normalized spacial score (nSPS) is 14.6. The number of carbonyl (C=O) groups is 1. The van der Waals surface area contributed by atoms with Crippen LogP contribution >= 0.6 is 11.3 Å². The van der Waals surface area contributed by atoms with Gasteiger partial charge in [0.2, 0.25) is 5.91 Å². The summed E-state index contributed by atoms with van der Waals surface area (Å²) in [6.45, 7) is 1.47. The van der Waals surface area contributed by atoms with Crippen LogP contribution < -0.4 is 11.1 Å². The topological polar surface area (TPSA) is 101 Å². The Hall–Kier alpha value is -3.39. The monoisotopic (exact) mass is 490 g/mol. The first-order valence-corrected chi connectivity index (χ1v) is 13.0. The molecule has 0 unspecified atom stereocenters. The molecule has 0 aliphatic heterocycles. The lowest BCUT2D eigenvalue weighted by Gasteiger charge is -2.21. The van der Waals surface area contributed by atoms with Crippen LogP contribution in [0.4, 0.5) is 0 Å². The SMILES string of the molecule is CN=C(N)c1c(-c2cc3cccc(-c4cccs4)c3[nH]2)nc(C2CCCCC2)n1C.CNC(C)=O. The number of benzene rings is 1. The first-order valence-electron chi connectivity index (χ1n) is 12.1. The number of amidine groups is 1. The Balaban J connectivity index is 0.000000527. The zero-order valence-corrected chi connectivity index (χ0v) is 21.7. The lowest BCUT2D eigenvalue weighted by molar-refractivity contribution is -0.118. The lowest BCUT2D eigenvalue weighted by atomic mass is 9.89. The van der Waals surface area contributed by atoms with Gasteiger partial charge in [-0.2, -0.15) is 0 Å². The molecule has 5 rings (SSSR count). The van der Waals surface area contributed by atoms with E-state index in [1.54, 1.807) is 25.4 Å². The highest BCUT2D eigenvalue weighted by Crippen LogP contribution is 2.37. The number of thiophene rings is 1. The third-order valence-electron chi connectivity index (χ3n) is 6.63. The molecular weight excluding hydrogens is 456 g/mol. The number of aliphatic imine (C=N–C) groups is 1. The zero-order valence-electron chi connectivity index (χ0n) is 20.9. The Morgan fingerprint density at radius 2 is 1.97 bits per heavy atom. The quantitative estimate of drug-likeness (QED) is 0.262. The van der Waals surface area contributed by atoms with Crippen LogP contribution in [0.2, 0.25) is 0 Å². The number of aromatic amines is 1. The molecule has 0 spiro atoms. The highest BCUT2D eigenvalue weighted by molar-refractivity contribution is 7.13. The van der Waals surface area contributed by atoms with Crippen LogP contribution in [-0.2, 0) is 11.8 Å². The largest absolute Gasteiger partial charge is 0.382 e. The molecular formula is C27H34N6OS. The van der Waals surface area contributed by atoms with Gasteiger partial charge in [-0.15, -0.1) is 11.3 Å². The number of imidazole rings is 1. The van der Waals surface area contributed by atoms with Gasteiger partial charge in [-0.25, -0.2) is 4.98 Å². The minimum absolute atomic E-state index is 0.00463. The van der Waals surface area contributed by atoms with Crippen molar-refractivity contribution in [3.8, 4) is 21.8 Å². The number of hydrogen-bond acceptors (Lipinski definition) is 4. The summed E-state index contributed by atoms with van der Waals surface area (Å²) in [6.07, 6.45) is 6.27. The maximum atomic E-state index is 9.70. The highest BCUT2D eigenvalue weighted by Gasteiger charge is 2.26. The van der Waals surface area contributed by atoms with Crippen molar-refractivity contribution >= 4 is 34.0 Å². The fourth-order valence-electron chi connectivity index (χ4n) is 4.75. The average molecular weight is 491 g/mol. The van der Waals surface area contributed by atoms with Crippen LogP contribution in [0.25, 0.3) is 32.7 Å². The number of para-hydroxylation sites is 1. The number of H-pyrrole nitrogens is 1. The summed E-state index contributed by atoms with van der Waals surface area (Å²) in [5.74, 6) is 2.15. The van der Waals surface area contributed by atoms with E-state index in [1.165, 1.54) is 54.9 Å². The second-order valence-corrected chi connectivity index (χ2v) is 9.85. The average Bonchev–Trinajstić information content (AvgIpc) is 3.62. The number of hydrogen-bond donors (Lipinski definition) is 3. The van der Waals surface area contributed by atoms with Crippen LogP contribution in [0.15, 0.2) is 46.8 Å². The molecule has 7 nitrogen and oxygen atoms in total. The van der Waals surface area contributed by atoms with Crippen molar-refractivity contribution in [1.29, 1.82) is 0 Å². The predicted molar refractivity (Wildman–Crippen MR) is 146 cm³/mol. The number of nitrogens with one attached hydrogen (secondary N) is 2. The summed E-state index contributed by atoms with van der Waals surface area (Å²) in [5.41, 5.74) is 11.5. The maximum absolute atomic E-state index is 9.70. The van der Waals surface area contributed by atoms with Crippen molar-refractivity contribution < 1.29 is 4.79 Å². The lowest BCUT2D eigenvalue weighted by Crippen LogP contribution is -2.19. The Labute approximate surface area is 210 Å². The van der Waals surface area contributed by atoms with E-state index in [9.17, 15) is 4.79 Å². The minimum Gasteiger partial charge on any atom is -0.382 e. The number of nitrogens with two attached hydrogens (primary N) is 1. The zero-order chi connectivity index (χ0) is 24.9. The fraction of sp³-hybridized carbons (Fsp3) is 0.370. The number of carbonyl (C=O) groups excluding carboxylic acids is 1. The molecule has 1 amide bonds. The van der Waals surface area contributed by atoms with Crippen LogP contribution in [0.5, 0.6) is 0 Å². The summed E-state index contributed by atoms with van der Waals surface area (Å²) in [5, 5.41) is 5.68. The second kappa shape index (κ2) is 10.9. The summed E-state index contributed by atoms with van der Waals surface area (Å²) in [7, 11) is 5.42. The molecule has 0 saturated heterocycles. The molecule has 1 aliphatic rings. The third-order valence-corrected chi connectivity index (χ3v) is 7.54. The number of fused-ring (bicyclic) bond motifs is 1. The van der Waals surface area contributed by atoms with Gasteiger partial charge in [0.05, 0.1) is 11.2 Å². The van der Waals surface area contributed by atoms with E-state index in [4.69, 9.17) is 10.7 Å². The summed E-state index contributed by atoms with van der Waals surface area (Å²) in [4.78, 5) is 24.0. The second-order valence-electron chi connectivity index (χ2n) is 8.91. The molecule has 35 heavy (non-hydrogen) atoms. The first-order chi connectivity index (χ1) is 16.9. The van der Waals surface area contributed by atoms with Gasteiger partial charge in [-0.3, -0.25) is 9.79 Å². The molecule has 3 heterocycles. The first kappa shape index (κ1) is 24.7. The highest BCUT2D eigenvalue weighted by atomic mass is 32.1. The fourth-order valence-corrected chi connectivity index (χ4v) is 5.51. The summed E-state index contributed by atoms with van der Waals surface area (Å²) < 4.78 is 2.17. The minimum atomic E-state index is 0.00463. The molecule has 4 N–H and O–H groups in total. The van der Waals surface area contributed by atoms with Gasteiger partial charge in [-0.1, -0.05) is 43.5 Å². The van der Waals surface area contributed by atoms with E-state index in [1.807, 2.05) is 0 Å². The Morgan fingerprint density at radius 1 is 1.23 bits per heavy atom. The van der Waals surface area contributed by atoms with Crippen LogP contribution in [0.1, 0.15) is 56.5 Å². The predicted octanol–water partition coefficient (Wildman–Crippen LogP) is 5.43. The van der Waals surface area contributed by atoms with E-state index in [2.05, 4.69) is 68.7 Å². The van der Waals surface area contributed by atoms with Gasteiger partial charge in [0.1, 0.15) is 23.0 Å². The standard InChI is InChI=1S/C24H27N5S.C3H7NO/c1-26-23(25)22-21(28-24(29(22)2)15-8-4-3-5-9-15)18-14-16-10-6-11-17(20(16)27-18)19-12-7-13-30-19;1-3(5)4-2/h6-7,10-15,27H,3-5,8-9H2,1-2H3,(H2,25,26);1-2H3,(H,4,5). The van der Waals surface area contributed by atoms with Crippen LogP contribution in [0.3, 0.4) is 0 Å². The third kappa shape index (κ3) is 5.17. The molecule has 4 aromatic rings. The van der Waals surface area contributed by atoms with E-state index >= 15 is 0 Å².